The Balaban J connectivity index is 1.53. The van der Waals surface area contributed by atoms with Gasteiger partial charge in [-0.2, -0.15) is 15.2 Å². The van der Waals surface area contributed by atoms with E-state index >= 15 is 0 Å². The van der Waals surface area contributed by atoms with Gasteiger partial charge in [0.2, 0.25) is 5.95 Å². The Morgan fingerprint density at radius 3 is 2.70 bits per heavy atom. The lowest BCUT2D eigenvalue weighted by Gasteiger charge is -2.56. The zero-order valence-electron chi connectivity index (χ0n) is 16.9. The van der Waals surface area contributed by atoms with E-state index < -0.39 is 0 Å². The number of nitrogens with zero attached hydrogens (tertiary/aromatic N) is 6. The molecular weight excluding hydrogens is 382 g/mol. The van der Waals surface area contributed by atoms with Crippen molar-refractivity contribution in [2.24, 2.45) is 12.5 Å². The van der Waals surface area contributed by atoms with Gasteiger partial charge in [0.05, 0.1) is 47.1 Å². The molecule has 0 saturated carbocycles. The molecule has 0 aliphatic carbocycles. The molecule has 0 aromatic carbocycles. The summed E-state index contributed by atoms with van der Waals surface area (Å²) in [4.78, 5) is 15.3. The summed E-state index contributed by atoms with van der Waals surface area (Å²) >= 11 is 0. The molecule has 1 spiro atoms. The number of fused-ring (bicyclic) bond motifs is 1. The van der Waals surface area contributed by atoms with Gasteiger partial charge in [0.25, 0.3) is 0 Å². The number of hydrogen-bond donors (Lipinski definition) is 3. The summed E-state index contributed by atoms with van der Waals surface area (Å²) in [6.07, 6.45) is 2.00. The molecule has 2 aliphatic rings. The minimum atomic E-state index is -0.236. The van der Waals surface area contributed by atoms with Crippen molar-refractivity contribution in [2.75, 3.05) is 48.0 Å². The number of rotatable bonds is 4. The molecule has 3 aromatic rings. The zero-order valence-corrected chi connectivity index (χ0v) is 16.9. The molecule has 1 atom stereocenters. The quantitative estimate of drug-likeness (QED) is 0.586. The number of ether oxygens (including phenoxy) is 1. The first-order chi connectivity index (χ1) is 14.4. The Bertz CT molecular complexity index is 1180. The lowest BCUT2D eigenvalue weighted by Crippen LogP contribution is -2.66. The molecule has 5 heterocycles. The second-order valence-electron chi connectivity index (χ2n) is 8.24. The predicted molar refractivity (Wildman–Crippen MR) is 114 cm³/mol. The Kier molecular flexibility index (Phi) is 3.98. The number of hydrogen-bond acceptors (Lipinski definition) is 9. The molecule has 10 heteroatoms. The van der Waals surface area contributed by atoms with E-state index in [1.807, 2.05) is 26.2 Å². The summed E-state index contributed by atoms with van der Waals surface area (Å²) < 4.78 is 7.48. The third kappa shape index (κ3) is 2.78. The summed E-state index contributed by atoms with van der Waals surface area (Å²) in [6, 6.07) is 5.98. The molecule has 5 N–H and O–H groups in total. The van der Waals surface area contributed by atoms with Gasteiger partial charge in [-0.1, -0.05) is 0 Å². The Hall–Kier alpha value is -3.58. The summed E-state index contributed by atoms with van der Waals surface area (Å²) in [7, 11) is 2.01. The van der Waals surface area contributed by atoms with E-state index in [0.29, 0.717) is 5.82 Å². The van der Waals surface area contributed by atoms with Crippen LogP contribution in [0.15, 0.2) is 18.3 Å². The molecule has 2 fully saturated rings. The lowest BCUT2D eigenvalue weighted by atomic mass is 9.77. The van der Waals surface area contributed by atoms with Crippen LogP contribution in [0.25, 0.3) is 11.0 Å². The fourth-order valence-corrected chi connectivity index (χ4v) is 4.25. The number of nitrogens with one attached hydrogen (secondary N) is 1. The molecule has 0 amide bonds. The highest BCUT2D eigenvalue weighted by Gasteiger charge is 2.49. The maximum atomic E-state index is 9.47. The molecule has 3 aromatic heterocycles. The largest absolute Gasteiger partial charge is 0.382 e. The van der Waals surface area contributed by atoms with Crippen molar-refractivity contribution in [3.8, 4) is 6.07 Å². The predicted octanol–water partition coefficient (Wildman–Crippen LogP) is 1.41. The third-order valence-corrected chi connectivity index (χ3v) is 5.91. The average Bonchev–Trinajstić information content (AvgIpc) is 2.99. The number of nitrogen functional groups attached to an aromatic ring is 2. The molecule has 0 radical (unpaired) electrons. The van der Waals surface area contributed by atoms with Gasteiger partial charge in [0.15, 0.2) is 5.82 Å². The number of anilines is 4. The lowest BCUT2D eigenvalue weighted by molar-refractivity contribution is -0.127. The van der Waals surface area contributed by atoms with E-state index in [2.05, 4.69) is 36.9 Å². The van der Waals surface area contributed by atoms with E-state index in [1.165, 1.54) is 0 Å². The number of aromatic nitrogens is 4. The minimum absolute atomic E-state index is 0.0163. The van der Waals surface area contributed by atoms with E-state index in [1.54, 1.807) is 0 Å². The van der Waals surface area contributed by atoms with Crippen LogP contribution in [-0.2, 0) is 11.8 Å². The van der Waals surface area contributed by atoms with Gasteiger partial charge in [0.1, 0.15) is 17.5 Å². The van der Waals surface area contributed by atoms with Crippen molar-refractivity contribution in [2.45, 2.75) is 13.0 Å². The minimum Gasteiger partial charge on any atom is -0.382 e. The molecular formula is C20H23N9O. The standard InChI is InChI=1S/C20H23N9O/c1-11(24-18-12(6-21)17(22)26-19(23)27-18)16-15(29-7-20(8-29)9-30-10-20)5-14-13(25-16)3-4-28(14)2/h3-5,11H,7-10H2,1-2H3,(H5,22,23,24,26,27)/t11-/m1/s1. The van der Waals surface area contributed by atoms with E-state index in [9.17, 15) is 5.26 Å². The smallest absolute Gasteiger partial charge is 0.224 e. The monoisotopic (exact) mass is 405 g/mol. The first kappa shape index (κ1) is 18.4. The third-order valence-electron chi connectivity index (χ3n) is 5.91. The second kappa shape index (κ2) is 6.47. The van der Waals surface area contributed by atoms with Gasteiger partial charge in [-0.05, 0) is 19.1 Å². The topological polar surface area (TPSA) is 144 Å². The summed E-state index contributed by atoms with van der Waals surface area (Å²) in [5.41, 5.74) is 16.0. The van der Waals surface area contributed by atoms with Gasteiger partial charge >= 0.3 is 0 Å². The van der Waals surface area contributed by atoms with Crippen molar-refractivity contribution < 1.29 is 4.74 Å². The normalized spacial score (nSPS) is 18.0. The first-order valence-electron chi connectivity index (χ1n) is 9.77. The van der Waals surface area contributed by atoms with Crippen LogP contribution in [0.4, 0.5) is 23.3 Å². The molecule has 30 heavy (non-hydrogen) atoms. The Morgan fingerprint density at radius 1 is 1.27 bits per heavy atom. The van der Waals surface area contributed by atoms with Crippen LogP contribution in [0, 0.1) is 16.7 Å². The summed E-state index contributed by atoms with van der Waals surface area (Å²) in [6.45, 7) is 5.51. The number of nitriles is 1. The molecule has 10 nitrogen and oxygen atoms in total. The fourth-order valence-electron chi connectivity index (χ4n) is 4.25. The van der Waals surface area contributed by atoms with E-state index in [0.717, 1.165) is 48.7 Å². The van der Waals surface area contributed by atoms with Crippen LogP contribution in [0.2, 0.25) is 0 Å². The second-order valence-corrected chi connectivity index (χ2v) is 8.24. The Morgan fingerprint density at radius 2 is 2.03 bits per heavy atom. The zero-order chi connectivity index (χ0) is 21.0. The molecule has 0 unspecified atom stereocenters. The summed E-state index contributed by atoms with van der Waals surface area (Å²) in [5.74, 6) is 0.381. The first-order valence-corrected chi connectivity index (χ1v) is 9.77. The Labute approximate surface area is 173 Å². The number of pyridine rings is 1. The summed E-state index contributed by atoms with van der Waals surface area (Å²) in [5, 5.41) is 12.7. The van der Waals surface area contributed by atoms with Crippen molar-refractivity contribution in [3.63, 3.8) is 0 Å². The van der Waals surface area contributed by atoms with Crippen molar-refractivity contribution in [1.29, 1.82) is 5.26 Å². The fraction of sp³-hybridized carbons (Fsp3) is 0.400. The van der Waals surface area contributed by atoms with Gasteiger partial charge in [-0.25, -0.2) is 4.98 Å². The highest BCUT2D eigenvalue weighted by Crippen LogP contribution is 2.43. The van der Waals surface area contributed by atoms with Crippen LogP contribution in [-0.4, -0.2) is 45.8 Å². The van der Waals surface area contributed by atoms with Crippen LogP contribution in [0.5, 0.6) is 0 Å². The van der Waals surface area contributed by atoms with Gasteiger partial charge in [0, 0.05) is 26.3 Å². The molecule has 0 bridgehead atoms. The van der Waals surface area contributed by atoms with Gasteiger partial charge in [-0.3, -0.25) is 0 Å². The maximum absolute atomic E-state index is 9.47. The highest BCUT2D eigenvalue weighted by atomic mass is 16.5. The van der Waals surface area contributed by atoms with Crippen molar-refractivity contribution in [3.05, 3.63) is 29.6 Å². The highest BCUT2D eigenvalue weighted by molar-refractivity contribution is 5.81. The average molecular weight is 405 g/mol. The van der Waals surface area contributed by atoms with Crippen LogP contribution in [0.3, 0.4) is 0 Å². The van der Waals surface area contributed by atoms with Crippen LogP contribution >= 0.6 is 0 Å². The van der Waals surface area contributed by atoms with E-state index in [4.69, 9.17) is 21.2 Å². The van der Waals surface area contributed by atoms with Crippen molar-refractivity contribution in [1.82, 2.24) is 19.5 Å². The van der Waals surface area contributed by atoms with Crippen LogP contribution < -0.4 is 21.7 Å². The van der Waals surface area contributed by atoms with E-state index in [-0.39, 0.29) is 28.8 Å². The van der Waals surface area contributed by atoms with Gasteiger partial charge in [-0.15, -0.1) is 0 Å². The molecule has 154 valence electrons. The van der Waals surface area contributed by atoms with Gasteiger partial charge < -0.3 is 31.0 Å². The maximum Gasteiger partial charge on any atom is 0.224 e. The SMILES string of the molecule is C[C@@H](Nc1nc(N)nc(N)c1C#N)c1nc2ccn(C)c2cc1N1CC2(COC2)C1. The number of aryl methyl sites for hydroxylation is 1. The molecule has 5 rings (SSSR count). The molecule has 2 saturated heterocycles. The molecule has 2 aliphatic heterocycles. The number of nitrogens with two attached hydrogens (primary N) is 2. The van der Waals surface area contributed by atoms with Crippen LogP contribution in [0.1, 0.15) is 24.2 Å². The van der Waals surface area contributed by atoms with Crippen molar-refractivity contribution >= 4 is 34.3 Å².